The minimum Gasteiger partial charge on any atom is -0.394 e. The van der Waals surface area contributed by atoms with E-state index in [2.05, 4.69) is 33.4 Å². The third-order valence-corrected chi connectivity index (χ3v) is 4.29. The summed E-state index contributed by atoms with van der Waals surface area (Å²) >= 11 is 5.42. The second-order valence-corrected chi connectivity index (χ2v) is 5.52. The van der Waals surface area contributed by atoms with Crippen LogP contribution in [0.25, 0.3) is 10.9 Å². The summed E-state index contributed by atoms with van der Waals surface area (Å²) in [5, 5.41) is 14.8. The van der Waals surface area contributed by atoms with E-state index in [1.165, 1.54) is 16.6 Å². The Bertz CT molecular complexity index is 637. The fourth-order valence-electron chi connectivity index (χ4n) is 2.92. The highest BCUT2D eigenvalue weighted by atomic mass is 32.1. The summed E-state index contributed by atoms with van der Waals surface area (Å²) in [5.74, 6) is 0. The third-order valence-electron chi connectivity index (χ3n) is 3.91. The van der Waals surface area contributed by atoms with Crippen LogP contribution in [0.5, 0.6) is 0 Å². The molecule has 0 fully saturated rings. The maximum atomic E-state index is 9.67. The largest absolute Gasteiger partial charge is 0.394 e. The maximum absolute atomic E-state index is 9.67. The number of nitrogens with zero attached hydrogens (tertiary/aromatic N) is 1. The summed E-state index contributed by atoms with van der Waals surface area (Å²) in [6, 6.07) is 8.37. The summed E-state index contributed by atoms with van der Waals surface area (Å²) in [6.45, 7) is 3.66. The molecular weight excluding hydrogens is 270 g/mol. The fourth-order valence-corrected chi connectivity index (χ4v) is 3.28. The van der Waals surface area contributed by atoms with Crippen LogP contribution in [-0.2, 0) is 13.0 Å². The van der Waals surface area contributed by atoms with Gasteiger partial charge in [0.15, 0.2) is 5.11 Å². The van der Waals surface area contributed by atoms with Gasteiger partial charge in [0.1, 0.15) is 0 Å². The van der Waals surface area contributed by atoms with E-state index < -0.39 is 0 Å². The van der Waals surface area contributed by atoms with Gasteiger partial charge in [0.2, 0.25) is 0 Å². The van der Waals surface area contributed by atoms with Gasteiger partial charge in [-0.3, -0.25) is 0 Å². The standard InChI is InChI=1S/C15H19N3OS/c1-2-16-15(20)18-8-14-12(7-10(18)9-19)11-5-3-4-6-13(11)17-14/h3-6,10,17,19H,2,7-9H2,1H3,(H,16,20). The van der Waals surface area contributed by atoms with Gasteiger partial charge >= 0.3 is 0 Å². The lowest BCUT2D eigenvalue weighted by atomic mass is 9.97. The molecule has 2 heterocycles. The molecule has 0 spiro atoms. The number of rotatable bonds is 2. The van der Waals surface area contributed by atoms with E-state index in [1.54, 1.807) is 0 Å². The van der Waals surface area contributed by atoms with E-state index in [9.17, 15) is 5.11 Å². The van der Waals surface area contributed by atoms with Crippen LogP contribution in [0.3, 0.4) is 0 Å². The number of thiocarbonyl (C=S) groups is 1. The van der Waals surface area contributed by atoms with Gasteiger partial charge in [-0.25, -0.2) is 0 Å². The van der Waals surface area contributed by atoms with Gasteiger partial charge in [-0.05, 0) is 37.2 Å². The average molecular weight is 289 g/mol. The van der Waals surface area contributed by atoms with E-state index in [0.717, 1.165) is 30.1 Å². The molecule has 3 N–H and O–H groups in total. The number of aliphatic hydroxyl groups excluding tert-OH is 1. The molecule has 2 aromatic rings. The van der Waals surface area contributed by atoms with E-state index in [4.69, 9.17) is 12.2 Å². The van der Waals surface area contributed by atoms with Crippen LogP contribution in [0, 0.1) is 0 Å². The van der Waals surface area contributed by atoms with E-state index in [0.29, 0.717) is 0 Å². The minimum atomic E-state index is 0.0493. The molecule has 1 unspecified atom stereocenters. The van der Waals surface area contributed by atoms with E-state index in [1.807, 2.05) is 13.0 Å². The number of aromatic amines is 1. The summed E-state index contributed by atoms with van der Waals surface area (Å²) in [4.78, 5) is 5.56. The molecule has 1 atom stereocenters. The highest BCUT2D eigenvalue weighted by Crippen LogP contribution is 2.30. The van der Waals surface area contributed by atoms with Crippen LogP contribution < -0.4 is 5.32 Å². The van der Waals surface area contributed by atoms with Gasteiger partial charge < -0.3 is 20.3 Å². The first-order valence-corrected chi connectivity index (χ1v) is 7.39. The number of benzene rings is 1. The molecule has 1 aromatic heterocycles. The third kappa shape index (κ3) is 2.17. The molecule has 0 aliphatic carbocycles. The molecule has 1 aliphatic rings. The van der Waals surface area contributed by atoms with Crippen molar-refractivity contribution in [3.63, 3.8) is 0 Å². The normalized spacial score (nSPS) is 18.1. The molecule has 20 heavy (non-hydrogen) atoms. The smallest absolute Gasteiger partial charge is 0.169 e. The van der Waals surface area contributed by atoms with Crippen molar-refractivity contribution in [3.05, 3.63) is 35.5 Å². The molecule has 0 saturated carbocycles. The van der Waals surface area contributed by atoms with Crippen LogP contribution in [0.1, 0.15) is 18.2 Å². The number of aromatic nitrogens is 1. The molecule has 106 valence electrons. The minimum absolute atomic E-state index is 0.0493. The van der Waals surface area contributed by atoms with Crippen molar-refractivity contribution in [2.24, 2.45) is 0 Å². The molecule has 0 bridgehead atoms. The number of aliphatic hydroxyl groups is 1. The lowest BCUT2D eigenvalue weighted by Crippen LogP contribution is -2.50. The quantitative estimate of drug-likeness (QED) is 0.738. The number of hydrogen-bond donors (Lipinski definition) is 3. The number of fused-ring (bicyclic) bond motifs is 3. The zero-order chi connectivity index (χ0) is 14.1. The summed E-state index contributed by atoms with van der Waals surface area (Å²) in [7, 11) is 0. The monoisotopic (exact) mass is 289 g/mol. The second kappa shape index (κ2) is 5.42. The van der Waals surface area contributed by atoms with Crippen molar-refractivity contribution in [1.82, 2.24) is 15.2 Å². The van der Waals surface area contributed by atoms with E-state index >= 15 is 0 Å². The predicted octanol–water partition coefficient (Wildman–Crippen LogP) is 1.78. The highest BCUT2D eigenvalue weighted by Gasteiger charge is 2.29. The Hall–Kier alpha value is -1.59. The average Bonchev–Trinajstić information content (AvgIpc) is 2.83. The zero-order valence-corrected chi connectivity index (χ0v) is 12.3. The first-order chi connectivity index (χ1) is 9.74. The summed E-state index contributed by atoms with van der Waals surface area (Å²) in [6.07, 6.45) is 0.821. The first kappa shape index (κ1) is 13.4. The van der Waals surface area contributed by atoms with Gasteiger partial charge in [0.05, 0.1) is 19.2 Å². The molecule has 3 rings (SSSR count). The summed E-state index contributed by atoms with van der Waals surface area (Å²) < 4.78 is 0. The van der Waals surface area contributed by atoms with Gasteiger partial charge in [-0.1, -0.05) is 18.2 Å². The molecule has 1 aliphatic heterocycles. The van der Waals surface area contributed by atoms with Crippen molar-refractivity contribution in [3.8, 4) is 0 Å². The Labute approximate surface area is 123 Å². The van der Waals surface area contributed by atoms with Crippen LogP contribution in [0.4, 0.5) is 0 Å². The van der Waals surface area contributed by atoms with E-state index in [-0.39, 0.29) is 12.6 Å². The number of H-pyrrole nitrogens is 1. The molecule has 0 saturated heterocycles. The molecule has 4 nitrogen and oxygen atoms in total. The van der Waals surface area contributed by atoms with Crippen molar-refractivity contribution in [2.45, 2.75) is 25.9 Å². The SMILES string of the molecule is CCNC(=S)N1Cc2[nH]c3ccccc3c2CC1CO. The Balaban J connectivity index is 1.98. The van der Waals surface area contributed by atoms with Crippen molar-refractivity contribution < 1.29 is 5.11 Å². The van der Waals surface area contributed by atoms with Crippen molar-refractivity contribution in [2.75, 3.05) is 13.2 Å². The lowest BCUT2D eigenvalue weighted by molar-refractivity contribution is 0.164. The molecular formula is C15H19N3OS. The molecule has 0 amide bonds. The second-order valence-electron chi connectivity index (χ2n) is 5.13. The predicted molar refractivity (Wildman–Crippen MR) is 84.7 cm³/mol. The van der Waals surface area contributed by atoms with Crippen molar-refractivity contribution in [1.29, 1.82) is 0 Å². The Kier molecular flexibility index (Phi) is 3.63. The summed E-state index contributed by atoms with van der Waals surface area (Å²) in [5.41, 5.74) is 3.68. The van der Waals surface area contributed by atoms with Gasteiger partial charge in [0.25, 0.3) is 0 Å². The lowest BCUT2D eigenvalue weighted by Gasteiger charge is -2.36. The van der Waals surface area contributed by atoms with Crippen LogP contribution in [0.2, 0.25) is 0 Å². The fraction of sp³-hybridized carbons (Fsp3) is 0.400. The van der Waals surface area contributed by atoms with Crippen molar-refractivity contribution >= 4 is 28.2 Å². The Morgan fingerprint density at radius 1 is 1.50 bits per heavy atom. The highest BCUT2D eigenvalue weighted by molar-refractivity contribution is 7.80. The Morgan fingerprint density at radius 3 is 3.05 bits per heavy atom. The maximum Gasteiger partial charge on any atom is 0.169 e. The number of para-hydroxylation sites is 1. The molecule has 5 heteroatoms. The number of hydrogen-bond acceptors (Lipinski definition) is 2. The number of nitrogens with one attached hydrogen (secondary N) is 2. The van der Waals surface area contributed by atoms with Gasteiger partial charge in [-0.2, -0.15) is 0 Å². The zero-order valence-electron chi connectivity index (χ0n) is 11.5. The Morgan fingerprint density at radius 2 is 2.30 bits per heavy atom. The first-order valence-electron chi connectivity index (χ1n) is 6.98. The van der Waals surface area contributed by atoms with Crippen LogP contribution in [-0.4, -0.2) is 39.3 Å². The van der Waals surface area contributed by atoms with Crippen LogP contribution in [0.15, 0.2) is 24.3 Å². The molecule has 1 aromatic carbocycles. The topological polar surface area (TPSA) is 51.3 Å². The molecule has 0 radical (unpaired) electrons. The van der Waals surface area contributed by atoms with Gasteiger partial charge in [-0.15, -0.1) is 0 Å². The van der Waals surface area contributed by atoms with Gasteiger partial charge in [0, 0.05) is 23.1 Å². The van der Waals surface area contributed by atoms with Crippen LogP contribution >= 0.6 is 12.2 Å².